The molecule has 0 bridgehead atoms. The Labute approximate surface area is 102 Å². The first-order valence-corrected chi connectivity index (χ1v) is 5.49. The quantitative estimate of drug-likeness (QED) is 0.812. The van der Waals surface area contributed by atoms with Gasteiger partial charge in [0.05, 0.1) is 13.7 Å². The minimum Gasteiger partial charge on any atom is -0.497 e. The van der Waals surface area contributed by atoms with Crippen LogP contribution in [0.15, 0.2) is 18.2 Å². The summed E-state index contributed by atoms with van der Waals surface area (Å²) in [6.45, 7) is 6.63. The second-order valence-electron chi connectivity index (χ2n) is 4.79. The van der Waals surface area contributed by atoms with Crippen molar-refractivity contribution in [2.45, 2.75) is 20.8 Å². The molecule has 0 saturated heterocycles. The fraction of sp³-hybridized carbons (Fsp3) is 0.429. The van der Waals surface area contributed by atoms with E-state index < -0.39 is 0 Å². The number of hydrogen-bond donors (Lipinski definition) is 1. The Bertz CT molecular complexity index is 438. The first kappa shape index (κ1) is 13.4. The minimum atomic E-state index is -0.323. The lowest BCUT2D eigenvalue weighted by Crippen LogP contribution is -2.03. The van der Waals surface area contributed by atoms with Gasteiger partial charge < -0.3 is 10.1 Å². The number of hydrogen-bond acceptors (Lipinski definition) is 2. The number of benzene rings is 1. The van der Waals surface area contributed by atoms with Crippen LogP contribution in [0.2, 0.25) is 0 Å². The van der Waals surface area contributed by atoms with E-state index in [0.717, 1.165) is 0 Å². The van der Waals surface area contributed by atoms with Crippen LogP contribution in [-0.4, -0.2) is 13.7 Å². The van der Waals surface area contributed by atoms with Gasteiger partial charge in [0.25, 0.3) is 0 Å². The molecule has 1 N–H and O–H groups in total. The molecule has 0 heterocycles. The summed E-state index contributed by atoms with van der Waals surface area (Å²) in [6, 6.07) is 4.50. The average Bonchev–Trinajstić information content (AvgIpc) is 2.22. The van der Waals surface area contributed by atoms with Crippen molar-refractivity contribution in [3.63, 3.8) is 0 Å². The van der Waals surface area contributed by atoms with Gasteiger partial charge in [0.1, 0.15) is 11.6 Å². The summed E-state index contributed by atoms with van der Waals surface area (Å²) < 4.78 is 18.1. The van der Waals surface area contributed by atoms with Crippen molar-refractivity contribution >= 4 is 5.69 Å². The standard InChI is InChI=1S/C14H18FNO/c1-14(2,3)6-5-7-16-12-8-11(15)9-13(10-12)17-4/h8-10,16H,7H2,1-4H3. The minimum absolute atomic E-state index is 0.0126. The maximum atomic E-state index is 13.2. The third-order valence-corrected chi connectivity index (χ3v) is 1.95. The number of ether oxygens (including phenoxy) is 1. The molecule has 0 aliphatic carbocycles. The van der Waals surface area contributed by atoms with E-state index >= 15 is 0 Å². The molecular formula is C14H18FNO. The van der Waals surface area contributed by atoms with E-state index in [4.69, 9.17) is 4.74 Å². The SMILES string of the molecule is COc1cc(F)cc(NCC#CC(C)(C)C)c1. The summed E-state index contributed by atoms with van der Waals surface area (Å²) in [6.07, 6.45) is 0. The molecule has 0 aromatic heterocycles. The molecule has 3 heteroatoms. The fourth-order valence-electron chi connectivity index (χ4n) is 1.24. The van der Waals surface area contributed by atoms with E-state index in [1.807, 2.05) is 20.8 Å². The molecule has 1 aromatic carbocycles. The van der Waals surface area contributed by atoms with Gasteiger partial charge in [-0.3, -0.25) is 0 Å². The molecule has 0 atom stereocenters. The van der Waals surface area contributed by atoms with Crippen LogP contribution in [0.4, 0.5) is 10.1 Å². The summed E-state index contributed by atoms with van der Waals surface area (Å²) in [5.74, 6) is 6.28. The molecule has 2 nitrogen and oxygen atoms in total. The zero-order chi connectivity index (χ0) is 12.9. The predicted octanol–water partition coefficient (Wildman–Crippen LogP) is 3.30. The number of halogens is 1. The molecule has 17 heavy (non-hydrogen) atoms. The van der Waals surface area contributed by atoms with Crippen molar-refractivity contribution in [3.8, 4) is 17.6 Å². The monoisotopic (exact) mass is 235 g/mol. The summed E-state index contributed by atoms with van der Waals surface area (Å²) >= 11 is 0. The fourth-order valence-corrected chi connectivity index (χ4v) is 1.24. The van der Waals surface area contributed by atoms with Crippen molar-refractivity contribution in [3.05, 3.63) is 24.0 Å². The maximum absolute atomic E-state index is 13.2. The largest absolute Gasteiger partial charge is 0.497 e. The average molecular weight is 235 g/mol. The molecule has 0 spiro atoms. The highest BCUT2D eigenvalue weighted by Crippen LogP contribution is 2.19. The van der Waals surface area contributed by atoms with Gasteiger partial charge >= 0.3 is 0 Å². The van der Waals surface area contributed by atoms with Crippen LogP contribution < -0.4 is 10.1 Å². The number of anilines is 1. The normalized spacial score (nSPS) is 10.4. The number of rotatable bonds is 3. The van der Waals surface area contributed by atoms with Crippen molar-refractivity contribution in [2.75, 3.05) is 19.0 Å². The van der Waals surface area contributed by atoms with Crippen LogP contribution in [-0.2, 0) is 0 Å². The Morgan fingerprint density at radius 3 is 2.59 bits per heavy atom. The third kappa shape index (κ3) is 5.26. The van der Waals surface area contributed by atoms with Crippen molar-refractivity contribution < 1.29 is 9.13 Å². The van der Waals surface area contributed by atoms with Crippen molar-refractivity contribution in [1.82, 2.24) is 0 Å². The molecular weight excluding hydrogens is 217 g/mol. The second kappa shape index (κ2) is 5.58. The molecule has 1 rings (SSSR count). The summed E-state index contributed by atoms with van der Waals surface area (Å²) in [4.78, 5) is 0. The lowest BCUT2D eigenvalue weighted by Gasteiger charge is -2.08. The summed E-state index contributed by atoms with van der Waals surface area (Å²) in [7, 11) is 1.51. The molecule has 0 unspecified atom stereocenters. The van der Waals surface area contributed by atoms with E-state index in [1.165, 1.54) is 19.2 Å². The van der Waals surface area contributed by atoms with Crippen LogP contribution in [0.1, 0.15) is 20.8 Å². The van der Waals surface area contributed by atoms with Crippen LogP contribution in [0.5, 0.6) is 5.75 Å². The number of nitrogens with one attached hydrogen (secondary N) is 1. The van der Waals surface area contributed by atoms with E-state index in [2.05, 4.69) is 17.2 Å². The second-order valence-corrected chi connectivity index (χ2v) is 4.79. The maximum Gasteiger partial charge on any atom is 0.128 e. The van der Waals surface area contributed by atoms with Crippen LogP contribution in [0.3, 0.4) is 0 Å². The molecule has 1 aromatic rings. The molecule has 0 amide bonds. The predicted molar refractivity (Wildman–Crippen MR) is 68.7 cm³/mol. The Kier molecular flexibility index (Phi) is 4.39. The van der Waals surface area contributed by atoms with E-state index in [9.17, 15) is 4.39 Å². The molecule has 0 fully saturated rings. The highest BCUT2D eigenvalue weighted by Gasteiger charge is 2.03. The van der Waals surface area contributed by atoms with Crippen LogP contribution >= 0.6 is 0 Å². The van der Waals surface area contributed by atoms with Gasteiger partial charge in [-0.1, -0.05) is 11.8 Å². The highest BCUT2D eigenvalue weighted by atomic mass is 19.1. The first-order valence-electron chi connectivity index (χ1n) is 5.49. The Morgan fingerprint density at radius 1 is 1.29 bits per heavy atom. The van der Waals surface area contributed by atoms with Crippen molar-refractivity contribution in [2.24, 2.45) is 5.41 Å². The molecule has 0 aliphatic rings. The van der Waals surface area contributed by atoms with Gasteiger partial charge in [0.2, 0.25) is 0 Å². The zero-order valence-electron chi connectivity index (χ0n) is 10.7. The Balaban J connectivity index is 2.63. The first-order chi connectivity index (χ1) is 7.90. The van der Waals surface area contributed by atoms with E-state index in [-0.39, 0.29) is 11.2 Å². The molecule has 0 saturated carbocycles. The topological polar surface area (TPSA) is 21.3 Å². The molecule has 0 aliphatic heterocycles. The zero-order valence-corrected chi connectivity index (χ0v) is 10.7. The van der Waals surface area contributed by atoms with Crippen molar-refractivity contribution in [1.29, 1.82) is 0 Å². The van der Waals surface area contributed by atoms with Gasteiger partial charge in [-0.25, -0.2) is 4.39 Å². The summed E-state index contributed by atoms with van der Waals surface area (Å²) in [5, 5.41) is 3.04. The highest BCUT2D eigenvalue weighted by molar-refractivity contribution is 5.49. The van der Waals surface area contributed by atoms with E-state index in [1.54, 1.807) is 6.07 Å². The Hall–Kier alpha value is -1.69. The Morgan fingerprint density at radius 2 is 2.00 bits per heavy atom. The molecule has 92 valence electrons. The smallest absolute Gasteiger partial charge is 0.128 e. The van der Waals surface area contributed by atoms with Gasteiger partial charge in [-0.05, 0) is 26.8 Å². The van der Waals surface area contributed by atoms with Gasteiger partial charge in [0.15, 0.2) is 0 Å². The van der Waals surface area contributed by atoms with Crippen LogP contribution in [0.25, 0.3) is 0 Å². The van der Waals surface area contributed by atoms with Gasteiger partial charge in [-0.15, -0.1) is 0 Å². The van der Waals surface area contributed by atoms with Crippen LogP contribution in [0, 0.1) is 23.1 Å². The molecule has 0 radical (unpaired) electrons. The third-order valence-electron chi connectivity index (χ3n) is 1.95. The number of methoxy groups -OCH3 is 1. The summed E-state index contributed by atoms with van der Waals surface area (Å²) in [5.41, 5.74) is 0.659. The van der Waals surface area contributed by atoms with E-state index in [0.29, 0.717) is 18.0 Å². The lowest BCUT2D eigenvalue weighted by molar-refractivity contribution is 0.411. The van der Waals surface area contributed by atoms with Gasteiger partial charge in [0, 0.05) is 23.2 Å². The lowest BCUT2D eigenvalue weighted by atomic mass is 9.98. The van der Waals surface area contributed by atoms with Gasteiger partial charge in [-0.2, -0.15) is 0 Å².